The molecule has 5 heteroatoms. The molecule has 0 saturated carbocycles. The van der Waals surface area contributed by atoms with Crippen LogP contribution in [0.25, 0.3) is 11.3 Å². The third-order valence-electron chi connectivity index (χ3n) is 4.08. The maximum absolute atomic E-state index is 6.27. The lowest BCUT2D eigenvalue weighted by Crippen LogP contribution is -2.21. The summed E-state index contributed by atoms with van der Waals surface area (Å²) < 4.78 is 8.65. The molecule has 0 amide bonds. The molecule has 21 heavy (non-hydrogen) atoms. The molecule has 2 N–H and O–H groups in total. The second kappa shape index (κ2) is 6.20. The molecule has 2 heterocycles. The Bertz CT molecular complexity index is 632. The molecule has 0 radical (unpaired) electrons. The lowest BCUT2D eigenvalue weighted by molar-refractivity contribution is 0.0667. The number of nitrogen functional groups attached to an aromatic ring is 1. The molecular weight excluding hydrogens is 330 g/mol. The Balaban J connectivity index is 2.01. The van der Waals surface area contributed by atoms with E-state index < -0.39 is 0 Å². The predicted molar refractivity (Wildman–Crippen MR) is 88.2 cm³/mol. The fourth-order valence-electron chi connectivity index (χ4n) is 2.88. The number of benzene rings is 1. The SMILES string of the molecule is CCc1cc(N)c(-c2ccnn2C2CCOCC2)cc1Br. The third-order valence-corrected chi connectivity index (χ3v) is 4.82. The number of rotatable bonds is 3. The van der Waals surface area contributed by atoms with Gasteiger partial charge < -0.3 is 10.5 Å². The van der Waals surface area contributed by atoms with Gasteiger partial charge in [0.2, 0.25) is 0 Å². The van der Waals surface area contributed by atoms with Crippen molar-refractivity contribution in [2.75, 3.05) is 18.9 Å². The summed E-state index contributed by atoms with van der Waals surface area (Å²) in [6.07, 6.45) is 4.82. The van der Waals surface area contributed by atoms with Crippen molar-refractivity contribution in [3.63, 3.8) is 0 Å². The summed E-state index contributed by atoms with van der Waals surface area (Å²) in [5, 5.41) is 4.52. The summed E-state index contributed by atoms with van der Waals surface area (Å²) in [6.45, 7) is 3.74. The third kappa shape index (κ3) is 2.85. The van der Waals surface area contributed by atoms with E-state index in [1.165, 1.54) is 5.56 Å². The summed E-state index contributed by atoms with van der Waals surface area (Å²) in [4.78, 5) is 0. The molecule has 1 aliphatic heterocycles. The van der Waals surface area contributed by atoms with Gasteiger partial charge in [0.15, 0.2) is 0 Å². The average molecular weight is 350 g/mol. The number of nitrogens with two attached hydrogens (primary N) is 1. The van der Waals surface area contributed by atoms with E-state index in [4.69, 9.17) is 10.5 Å². The zero-order valence-electron chi connectivity index (χ0n) is 12.2. The summed E-state index contributed by atoms with van der Waals surface area (Å²) in [6, 6.07) is 6.61. The fraction of sp³-hybridized carbons (Fsp3) is 0.438. The first-order chi connectivity index (χ1) is 10.2. The number of hydrogen-bond donors (Lipinski definition) is 1. The second-order valence-electron chi connectivity index (χ2n) is 5.39. The van der Waals surface area contributed by atoms with E-state index in [-0.39, 0.29) is 0 Å². The van der Waals surface area contributed by atoms with Gasteiger partial charge in [-0.2, -0.15) is 5.10 Å². The molecule has 1 saturated heterocycles. The van der Waals surface area contributed by atoms with Crippen molar-refractivity contribution < 1.29 is 4.74 Å². The number of anilines is 1. The van der Waals surface area contributed by atoms with Crippen LogP contribution in [0.3, 0.4) is 0 Å². The molecule has 0 bridgehead atoms. The van der Waals surface area contributed by atoms with E-state index in [0.29, 0.717) is 6.04 Å². The quantitative estimate of drug-likeness (QED) is 0.857. The molecule has 2 aromatic rings. The largest absolute Gasteiger partial charge is 0.398 e. The molecule has 112 valence electrons. The first-order valence-corrected chi connectivity index (χ1v) is 8.19. The van der Waals surface area contributed by atoms with Crippen molar-refractivity contribution in [3.05, 3.63) is 34.4 Å². The van der Waals surface area contributed by atoms with Crippen LogP contribution < -0.4 is 5.73 Å². The van der Waals surface area contributed by atoms with E-state index in [9.17, 15) is 0 Å². The Hall–Kier alpha value is -1.33. The molecule has 1 fully saturated rings. The highest BCUT2D eigenvalue weighted by Gasteiger charge is 2.20. The number of aryl methyl sites for hydroxylation is 1. The number of hydrogen-bond acceptors (Lipinski definition) is 3. The zero-order valence-corrected chi connectivity index (χ0v) is 13.8. The highest BCUT2D eigenvalue weighted by molar-refractivity contribution is 9.10. The Morgan fingerprint density at radius 3 is 2.86 bits per heavy atom. The Labute approximate surface area is 133 Å². The minimum atomic E-state index is 0.396. The van der Waals surface area contributed by atoms with Gasteiger partial charge in [-0.3, -0.25) is 4.68 Å². The summed E-state index contributed by atoms with van der Waals surface area (Å²) >= 11 is 3.64. The highest BCUT2D eigenvalue weighted by Crippen LogP contribution is 2.34. The van der Waals surface area contributed by atoms with Crippen LogP contribution in [-0.4, -0.2) is 23.0 Å². The van der Waals surface area contributed by atoms with Crippen molar-refractivity contribution in [2.45, 2.75) is 32.2 Å². The molecule has 1 aliphatic rings. The van der Waals surface area contributed by atoms with Crippen LogP contribution in [0.1, 0.15) is 31.4 Å². The lowest BCUT2D eigenvalue weighted by Gasteiger charge is -2.24. The fourth-order valence-corrected chi connectivity index (χ4v) is 3.50. The average Bonchev–Trinajstić information content (AvgIpc) is 2.99. The van der Waals surface area contributed by atoms with Gasteiger partial charge in [-0.25, -0.2) is 0 Å². The first kappa shape index (κ1) is 14.6. The second-order valence-corrected chi connectivity index (χ2v) is 6.24. The first-order valence-electron chi connectivity index (χ1n) is 7.40. The number of ether oxygens (including phenoxy) is 1. The summed E-state index contributed by atoms with van der Waals surface area (Å²) in [7, 11) is 0. The highest BCUT2D eigenvalue weighted by atomic mass is 79.9. The minimum absolute atomic E-state index is 0.396. The van der Waals surface area contributed by atoms with Crippen LogP contribution in [0.15, 0.2) is 28.9 Å². The minimum Gasteiger partial charge on any atom is -0.398 e. The van der Waals surface area contributed by atoms with E-state index in [1.807, 2.05) is 12.3 Å². The maximum Gasteiger partial charge on any atom is 0.0706 e. The Kier molecular flexibility index (Phi) is 4.31. The van der Waals surface area contributed by atoms with Gasteiger partial charge in [0.05, 0.1) is 11.7 Å². The van der Waals surface area contributed by atoms with E-state index in [1.54, 1.807) is 0 Å². The standard InChI is InChI=1S/C16H20BrN3O/c1-2-11-9-15(18)13(10-14(11)17)16-3-6-19-20(16)12-4-7-21-8-5-12/h3,6,9-10,12H,2,4-5,7-8,18H2,1H3. The van der Waals surface area contributed by atoms with Crippen molar-refractivity contribution in [2.24, 2.45) is 0 Å². The molecule has 3 rings (SSSR count). The topological polar surface area (TPSA) is 53.1 Å². The summed E-state index contributed by atoms with van der Waals surface area (Å²) in [5.74, 6) is 0. The lowest BCUT2D eigenvalue weighted by atomic mass is 10.0. The van der Waals surface area contributed by atoms with Crippen LogP contribution in [0.2, 0.25) is 0 Å². The number of nitrogens with zero attached hydrogens (tertiary/aromatic N) is 2. The molecule has 0 unspecified atom stereocenters. The smallest absolute Gasteiger partial charge is 0.0706 e. The van der Waals surface area contributed by atoms with Crippen molar-refractivity contribution in [1.82, 2.24) is 9.78 Å². The van der Waals surface area contributed by atoms with Crippen molar-refractivity contribution in [3.8, 4) is 11.3 Å². The van der Waals surface area contributed by atoms with Gasteiger partial charge in [0, 0.05) is 35.1 Å². The van der Waals surface area contributed by atoms with E-state index in [0.717, 1.165) is 53.9 Å². The number of aromatic nitrogens is 2. The monoisotopic (exact) mass is 349 g/mol. The molecule has 0 spiro atoms. The van der Waals surface area contributed by atoms with Crippen LogP contribution in [0.5, 0.6) is 0 Å². The van der Waals surface area contributed by atoms with Gasteiger partial charge in [0.1, 0.15) is 0 Å². The Morgan fingerprint density at radius 1 is 1.38 bits per heavy atom. The molecule has 0 aliphatic carbocycles. The van der Waals surface area contributed by atoms with E-state index >= 15 is 0 Å². The molecule has 0 atom stereocenters. The van der Waals surface area contributed by atoms with Crippen LogP contribution in [-0.2, 0) is 11.2 Å². The van der Waals surface area contributed by atoms with Gasteiger partial charge >= 0.3 is 0 Å². The van der Waals surface area contributed by atoms with Crippen LogP contribution in [0.4, 0.5) is 5.69 Å². The maximum atomic E-state index is 6.27. The Morgan fingerprint density at radius 2 is 2.14 bits per heavy atom. The van der Waals surface area contributed by atoms with Gasteiger partial charge in [0.25, 0.3) is 0 Å². The molecule has 1 aromatic heterocycles. The van der Waals surface area contributed by atoms with Crippen molar-refractivity contribution >= 4 is 21.6 Å². The van der Waals surface area contributed by atoms with E-state index in [2.05, 4.69) is 44.8 Å². The van der Waals surface area contributed by atoms with Gasteiger partial charge in [-0.15, -0.1) is 0 Å². The molecule has 4 nitrogen and oxygen atoms in total. The van der Waals surface area contributed by atoms with Gasteiger partial charge in [-0.05, 0) is 43.0 Å². The molecule has 1 aromatic carbocycles. The zero-order chi connectivity index (χ0) is 14.8. The van der Waals surface area contributed by atoms with Crippen LogP contribution in [0, 0.1) is 0 Å². The van der Waals surface area contributed by atoms with Crippen molar-refractivity contribution in [1.29, 1.82) is 0 Å². The summed E-state index contributed by atoms with van der Waals surface area (Å²) in [5.41, 5.74) is 10.4. The van der Waals surface area contributed by atoms with Crippen LogP contribution >= 0.6 is 15.9 Å². The normalized spacial score (nSPS) is 16.3. The number of halogens is 1. The predicted octanol–water partition coefficient (Wildman–Crippen LogP) is 3.81. The van der Waals surface area contributed by atoms with Gasteiger partial charge in [-0.1, -0.05) is 22.9 Å². The molecular formula is C16H20BrN3O.